The van der Waals surface area contributed by atoms with Gasteiger partial charge in [0.25, 0.3) is 22.7 Å². The first-order valence-electron chi connectivity index (χ1n) is 15.2. The number of fused-ring (bicyclic) bond motifs is 20. The van der Waals surface area contributed by atoms with Gasteiger partial charge in [-0.1, -0.05) is 0 Å². The minimum atomic E-state index is -0.542. The Balaban J connectivity index is 0.00000400. The van der Waals surface area contributed by atoms with Gasteiger partial charge in [-0.25, -0.2) is 0 Å². The summed E-state index contributed by atoms with van der Waals surface area (Å²) in [6, 6.07) is 16.8. The van der Waals surface area contributed by atoms with E-state index in [1.807, 2.05) is 0 Å². The van der Waals surface area contributed by atoms with Crippen LogP contribution in [0.3, 0.4) is 0 Å². The van der Waals surface area contributed by atoms with Crippen LogP contribution in [0.4, 0.5) is 69.3 Å². The van der Waals surface area contributed by atoms with Crippen molar-refractivity contribution in [2.45, 2.75) is 0 Å². The summed E-state index contributed by atoms with van der Waals surface area (Å²) in [6.07, 6.45) is 0. The summed E-state index contributed by atoms with van der Waals surface area (Å²) in [6.45, 7) is 0. The minimum absolute atomic E-state index is 0. The van der Waals surface area contributed by atoms with Gasteiger partial charge >= 0.3 is 19.5 Å². The first-order chi connectivity index (χ1) is 25.0. The SMILES string of the molecule is O=[N+]([O-])c1ccc2c3[n-]c(c2c1)Nc1[nH]c(c2cc([N+](=O)[O-])ccc12)Nc1[n-]c(c2cc([N+](=O)[O-])ccc12)Nc1[nH]c(c2cc([N+](=O)[O-])ccc12)N3.[Zn+2]. The molecule has 0 aliphatic carbocycles. The van der Waals surface area contributed by atoms with E-state index in [2.05, 4.69) is 31.2 Å². The van der Waals surface area contributed by atoms with E-state index < -0.39 is 19.7 Å². The van der Waals surface area contributed by atoms with E-state index in [9.17, 15) is 40.5 Å². The average Bonchev–Trinajstić information content (AvgIpc) is 3.85. The van der Waals surface area contributed by atoms with Crippen LogP contribution in [-0.2, 0) is 19.5 Å². The minimum Gasteiger partial charge on any atom is -0.400 e. The summed E-state index contributed by atoms with van der Waals surface area (Å²) in [5, 5.41) is 63.4. The van der Waals surface area contributed by atoms with Crippen LogP contribution < -0.4 is 31.2 Å². The maximum Gasteiger partial charge on any atom is 2.00 e. The van der Waals surface area contributed by atoms with Crippen molar-refractivity contribution in [1.82, 2.24) is 19.9 Å². The molecule has 0 atom stereocenters. The summed E-state index contributed by atoms with van der Waals surface area (Å²) in [4.78, 5) is 60.9. The molecule has 20 nitrogen and oxygen atoms in total. The van der Waals surface area contributed by atoms with Gasteiger partial charge in [0.1, 0.15) is 0 Å². The van der Waals surface area contributed by atoms with Crippen molar-refractivity contribution in [3.05, 3.63) is 113 Å². The first kappa shape index (κ1) is 32.7. The molecule has 8 bridgehead atoms. The topological polar surface area (TPSA) is 280 Å². The Bertz CT molecular complexity index is 2520. The van der Waals surface area contributed by atoms with E-state index in [1.165, 1.54) is 72.8 Å². The molecule has 0 saturated carbocycles. The third-order valence-electron chi connectivity index (χ3n) is 8.87. The van der Waals surface area contributed by atoms with Crippen molar-refractivity contribution < 1.29 is 39.2 Å². The average molecular weight is 764 g/mol. The van der Waals surface area contributed by atoms with Crippen LogP contribution in [0, 0.1) is 40.5 Å². The monoisotopic (exact) mass is 762 g/mol. The number of nitro benzene ring substituents is 4. The van der Waals surface area contributed by atoms with Crippen LogP contribution in [-0.4, -0.2) is 29.7 Å². The van der Waals surface area contributed by atoms with Crippen molar-refractivity contribution in [2.75, 3.05) is 21.3 Å². The molecule has 4 aromatic carbocycles. The van der Waals surface area contributed by atoms with E-state index in [4.69, 9.17) is 9.97 Å². The van der Waals surface area contributed by atoms with Gasteiger partial charge in [0.15, 0.2) is 0 Å². The molecule has 1 aliphatic heterocycles. The molecule has 0 spiro atoms. The molecule has 8 aromatic rings. The summed E-state index contributed by atoms with van der Waals surface area (Å²) < 4.78 is 0. The van der Waals surface area contributed by atoms with Crippen molar-refractivity contribution in [2.24, 2.45) is 0 Å². The molecule has 0 radical (unpaired) electrons. The third kappa shape index (κ3) is 5.18. The quantitative estimate of drug-likeness (QED) is 0.0567. The fourth-order valence-corrected chi connectivity index (χ4v) is 6.47. The Labute approximate surface area is 305 Å². The number of aromatic amines is 2. The zero-order valence-electron chi connectivity index (χ0n) is 26.6. The number of nitrogens with zero attached hydrogens (tertiary/aromatic N) is 6. The Morgan fingerprint density at radius 1 is 0.377 bits per heavy atom. The fourth-order valence-electron chi connectivity index (χ4n) is 6.47. The van der Waals surface area contributed by atoms with Crippen LogP contribution in [0.15, 0.2) is 72.8 Å². The van der Waals surface area contributed by atoms with Crippen LogP contribution in [0.2, 0.25) is 0 Å². The van der Waals surface area contributed by atoms with Gasteiger partial charge < -0.3 is 41.2 Å². The maximum absolute atomic E-state index is 11.8. The molecule has 0 unspecified atom stereocenters. The van der Waals surface area contributed by atoms with Crippen molar-refractivity contribution >= 4 is 112 Å². The van der Waals surface area contributed by atoms with Crippen molar-refractivity contribution in [1.29, 1.82) is 0 Å². The van der Waals surface area contributed by atoms with E-state index in [0.717, 1.165) is 0 Å². The second-order valence-electron chi connectivity index (χ2n) is 11.8. The van der Waals surface area contributed by atoms with E-state index in [0.29, 0.717) is 54.7 Å². The van der Waals surface area contributed by atoms with E-state index in [-0.39, 0.29) is 77.1 Å². The number of nitrogens with one attached hydrogen (secondary N) is 6. The first-order valence-corrected chi connectivity index (χ1v) is 15.2. The largest absolute Gasteiger partial charge is 2.00 e. The van der Waals surface area contributed by atoms with Gasteiger partial charge in [0.2, 0.25) is 0 Å². The number of nitro groups is 4. The number of anilines is 8. The van der Waals surface area contributed by atoms with Crippen LogP contribution >= 0.6 is 0 Å². The summed E-state index contributed by atoms with van der Waals surface area (Å²) >= 11 is 0. The zero-order chi connectivity index (χ0) is 36.0. The Kier molecular flexibility index (Phi) is 7.25. The molecule has 6 N–H and O–H groups in total. The Morgan fingerprint density at radius 3 is 0.962 bits per heavy atom. The van der Waals surface area contributed by atoms with Crippen LogP contribution in [0.5, 0.6) is 0 Å². The molecule has 0 fully saturated rings. The molecule has 4 aromatic heterocycles. The number of rotatable bonds is 4. The number of benzene rings is 4. The van der Waals surface area contributed by atoms with E-state index in [1.54, 1.807) is 0 Å². The molecule has 256 valence electrons. The molecule has 1 aliphatic rings. The van der Waals surface area contributed by atoms with Crippen LogP contribution in [0.1, 0.15) is 0 Å². The fraction of sp³-hybridized carbons (Fsp3) is 0. The van der Waals surface area contributed by atoms with Gasteiger partial charge in [0, 0.05) is 104 Å². The molecule has 21 heteroatoms. The Morgan fingerprint density at radius 2 is 0.642 bits per heavy atom. The molecule has 0 saturated heterocycles. The normalized spacial score (nSPS) is 12.1. The number of hydrogen-bond acceptors (Lipinski definition) is 12. The maximum atomic E-state index is 11.8. The summed E-state index contributed by atoms with van der Waals surface area (Å²) in [7, 11) is 0. The van der Waals surface area contributed by atoms with Gasteiger partial charge in [-0.05, 0) is 35.0 Å². The second kappa shape index (κ2) is 11.8. The third-order valence-corrected chi connectivity index (χ3v) is 8.87. The smallest absolute Gasteiger partial charge is 0.400 e. The summed E-state index contributed by atoms with van der Waals surface area (Å²) in [5.41, 5.74) is -0.795. The van der Waals surface area contributed by atoms with Crippen LogP contribution in [0.25, 0.3) is 43.1 Å². The number of hydrogen-bond donors (Lipinski definition) is 6. The van der Waals surface area contributed by atoms with Gasteiger partial charge in [-0.2, -0.15) is 0 Å². The number of non-ortho nitro benzene ring substituents is 4. The second-order valence-corrected chi connectivity index (χ2v) is 11.8. The molecule has 9 rings (SSSR count). The molecule has 53 heavy (non-hydrogen) atoms. The standard InChI is InChI=1S/C32H18N12O8.Zn/c45-41(46)13-1-5-17-21(9-13)29-33-25(17)37-30-22-10-14(42(47)48)2-6-18(22)27(34-30)39-32-24-12-16(44(51)52)4-8-20(24)28(36-32)40-31-23-11-15(43(49)50)3-7-19(23)26(35-31)38-29;/h1-12,33,36-40H;/q-2;+2. The number of aromatic nitrogens is 4. The zero-order valence-corrected chi connectivity index (χ0v) is 29.6. The Hall–Kier alpha value is -7.54. The van der Waals surface area contributed by atoms with Gasteiger partial charge in [0.05, 0.1) is 43.0 Å². The molecule has 0 amide bonds. The predicted molar refractivity (Wildman–Crippen MR) is 191 cm³/mol. The van der Waals surface area contributed by atoms with Crippen molar-refractivity contribution in [3.63, 3.8) is 0 Å². The van der Waals surface area contributed by atoms with Crippen molar-refractivity contribution in [3.8, 4) is 0 Å². The van der Waals surface area contributed by atoms with Gasteiger partial charge in [-0.15, -0.1) is 0 Å². The molecule has 5 heterocycles. The summed E-state index contributed by atoms with van der Waals surface area (Å²) in [5.74, 6) is 2.05. The van der Waals surface area contributed by atoms with Gasteiger partial charge in [-0.3, -0.25) is 40.5 Å². The van der Waals surface area contributed by atoms with E-state index >= 15 is 0 Å². The number of H-pyrrole nitrogens is 2. The predicted octanol–water partition coefficient (Wildman–Crippen LogP) is 7.79. The molecular weight excluding hydrogens is 746 g/mol. The molecular formula is C32H18N12O8Zn.